The molecule has 1 aliphatic heterocycles. The van der Waals surface area contributed by atoms with Crippen molar-refractivity contribution in [3.8, 4) is 0 Å². The summed E-state index contributed by atoms with van der Waals surface area (Å²) >= 11 is 0. The van der Waals surface area contributed by atoms with Crippen molar-refractivity contribution in [2.45, 2.75) is 52.0 Å². The second-order valence-electron chi connectivity index (χ2n) is 7.05. The molecule has 0 radical (unpaired) electrons. The molecule has 144 valence electrons. The molecule has 3 amide bonds. The highest BCUT2D eigenvalue weighted by molar-refractivity contribution is 5.88. The molecular formula is C20H32N4O2. The van der Waals surface area contributed by atoms with E-state index < -0.39 is 0 Å². The number of amides is 3. The van der Waals surface area contributed by atoms with Gasteiger partial charge in [0.05, 0.1) is 0 Å². The van der Waals surface area contributed by atoms with Crippen molar-refractivity contribution >= 4 is 17.6 Å². The monoisotopic (exact) mass is 360 g/mol. The van der Waals surface area contributed by atoms with E-state index in [2.05, 4.69) is 27.8 Å². The number of urea groups is 1. The van der Waals surface area contributed by atoms with E-state index in [9.17, 15) is 9.59 Å². The minimum Gasteiger partial charge on any atom is -0.338 e. The van der Waals surface area contributed by atoms with Crippen LogP contribution < -0.4 is 16.0 Å². The molecule has 1 aliphatic rings. The highest BCUT2D eigenvalue weighted by atomic mass is 16.2. The predicted molar refractivity (Wildman–Crippen MR) is 105 cm³/mol. The Morgan fingerprint density at radius 3 is 2.54 bits per heavy atom. The SMILES string of the molecule is CC(=O)Nc1ccc(CCNC(=O)NCCCN2CCCCC2C)cc1. The molecule has 26 heavy (non-hydrogen) atoms. The zero-order valence-corrected chi connectivity index (χ0v) is 16.0. The molecule has 1 atom stereocenters. The number of benzene rings is 1. The van der Waals surface area contributed by atoms with Crippen molar-refractivity contribution in [3.05, 3.63) is 29.8 Å². The number of carbonyl (C=O) groups excluding carboxylic acids is 2. The van der Waals surface area contributed by atoms with Crippen molar-refractivity contribution < 1.29 is 9.59 Å². The molecule has 1 fully saturated rings. The van der Waals surface area contributed by atoms with E-state index in [1.165, 1.54) is 32.7 Å². The lowest BCUT2D eigenvalue weighted by Gasteiger charge is -2.33. The van der Waals surface area contributed by atoms with Crippen LogP contribution in [-0.4, -0.2) is 49.1 Å². The lowest BCUT2D eigenvalue weighted by molar-refractivity contribution is -0.114. The molecule has 0 aromatic heterocycles. The van der Waals surface area contributed by atoms with Crippen molar-refractivity contribution in [3.63, 3.8) is 0 Å². The fourth-order valence-electron chi connectivity index (χ4n) is 3.31. The van der Waals surface area contributed by atoms with E-state index in [-0.39, 0.29) is 11.9 Å². The molecular weight excluding hydrogens is 328 g/mol. The predicted octanol–water partition coefficient (Wildman–Crippen LogP) is 2.75. The Morgan fingerprint density at radius 1 is 1.12 bits per heavy atom. The standard InChI is InChI=1S/C20H32N4O2/c1-16-6-3-4-14-24(16)15-5-12-21-20(26)22-13-11-18-7-9-19(10-8-18)23-17(2)25/h7-10,16H,3-6,11-15H2,1-2H3,(H,23,25)(H2,21,22,26). The van der Waals surface area contributed by atoms with Gasteiger partial charge < -0.3 is 20.9 Å². The van der Waals surface area contributed by atoms with Crippen LogP contribution in [0.4, 0.5) is 10.5 Å². The van der Waals surface area contributed by atoms with Crippen molar-refractivity contribution in [2.24, 2.45) is 0 Å². The number of anilines is 1. The average molecular weight is 361 g/mol. The molecule has 3 N–H and O–H groups in total. The Labute approximate surface area is 156 Å². The van der Waals surface area contributed by atoms with Gasteiger partial charge in [0.25, 0.3) is 0 Å². The molecule has 6 heteroatoms. The average Bonchev–Trinajstić information content (AvgIpc) is 2.61. The molecule has 0 aliphatic carbocycles. The first-order chi connectivity index (χ1) is 12.5. The van der Waals surface area contributed by atoms with Gasteiger partial charge in [0.15, 0.2) is 0 Å². The summed E-state index contributed by atoms with van der Waals surface area (Å²) in [6, 6.07) is 8.24. The van der Waals surface area contributed by atoms with E-state index in [0.29, 0.717) is 19.1 Å². The second kappa shape index (κ2) is 10.8. The first-order valence-corrected chi connectivity index (χ1v) is 9.67. The van der Waals surface area contributed by atoms with Crippen LogP contribution >= 0.6 is 0 Å². The van der Waals surface area contributed by atoms with Crippen LogP contribution in [0.3, 0.4) is 0 Å². The smallest absolute Gasteiger partial charge is 0.314 e. The lowest BCUT2D eigenvalue weighted by Crippen LogP contribution is -2.41. The molecule has 0 bridgehead atoms. The van der Waals surface area contributed by atoms with Gasteiger partial charge >= 0.3 is 6.03 Å². The summed E-state index contributed by atoms with van der Waals surface area (Å²) in [6.07, 6.45) is 5.68. The topological polar surface area (TPSA) is 73.5 Å². The number of nitrogens with zero attached hydrogens (tertiary/aromatic N) is 1. The van der Waals surface area contributed by atoms with Crippen LogP contribution in [0.2, 0.25) is 0 Å². The summed E-state index contributed by atoms with van der Waals surface area (Å²) in [5.41, 5.74) is 1.91. The van der Waals surface area contributed by atoms with Crippen molar-refractivity contribution in [1.29, 1.82) is 0 Å². The summed E-state index contributed by atoms with van der Waals surface area (Å²) in [6.45, 7) is 7.33. The van der Waals surface area contributed by atoms with Crippen molar-refractivity contribution in [2.75, 3.05) is 31.5 Å². The minimum absolute atomic E-state index is 0.0779. The Bertz CT molecular complexity index is 574. The maximum Gasteiger partial charge on any atom is 0.314 e. The van der Waals surface area contributed by atoms with Crippen LogP contribution in [-0.2, 0) is 11.2 Å². The number of carbonyl (C=O) groups is 2. The van der Waals surface area contributed by atoms with E-state index >= 15 is 0 Å². The Hall–Kier alpha value is -2.08. The molecule has 1 aromatic rings. The summed E-state index contributed by atoms with van der Waals surface area (Å²) in [5.74, 6) is -0.0779. The third kappa shape index (κ3) is 7.44. The molecule has 0 spiro atoms. The third-order valence-electron chi connectivity index (χ3n) is 4.82. The number of hydrogen-bond donors (Lipinski definition) is 3. The summed E-state index contributed by atoms with van der Waals surface area (Å²) in [7, 11) is 0. The normalized spacial score (nSPS) is 17.5. The summed E-state index contributed by atoms with van der Waals surface area (Å²) in [4.78, 5) is 25.4. The third-order valence-corrected chi connectivity index (χ3v) is 4.82. The van der Waals surface area contributed by atoms with Gasteiger partial charge in [0.2, 0.25) is 5.91 Å². The van der Waals surface area contributed by atoms with Crippen molar-refractivity contribution in [1.82, 2.24) is 15.5 Å². The van der Waals surface area contributed by atoms with Crippen LogP contribution in [0, 0.1) is 0 Å². The number of piperidine rings is 1. The molecule has 1 unspecified atom stereocenters. The van der Waals surface area contributed by atoms with Gasteiger partial charge in [-0.2, -0.15) is 0 Å². The zero-order valence-electron chi connectivity index (χ0n) is 16.0. The minimum atomic E-state index is -0.105. The first-order valence-electron chi connectivity index (χ1n) is 9.67. The van der Waals surface area contributed by atoms with Crippen LogP contribution in [0.1, 0.15) is 45.1 Å². The molecule has 1 heterocycles. The van der Waals surface area contributed by atoms with Crippen LogP contribution in [0.25, 0.3) is 0 Å². The lowest BCUT2D eigenvalue weighted by atomic mass is 10.0. The number of nitrogens with one attached hydrogen (secondary N) is 3. The van der Waals surface area contributed by atoms with Gasteiger partial charge in [-0.05, 0) is 56.8 Å². The zero-order chi connectivity index (χ0) is 18.8. The molecule has 1 saturated heterocycles. The molecule has 6 nitrogen and oxygen atoms in total. The summed E-state index contributed by atoms with van der Waals surface area (Å²) in [5, 5.41) is 8.56. The van der Waals surface area contributed by atoms with Gasteiger partial charge in [-0.15, -0.1) is 0 Å². The van der Waals surface area contributed by atoms with Gasteiger partial charge in [0.1, 0.15) is 0 Å². The quantitative estimate of drug-likeness (QED) is 0.624. The number of likely N-dealkylation sites (tertiary alicyclic amines) is 1. The highest BCUT2D eigenvalue weighted by Gasteiger charge is 2.17. The Kier molecular flexibility index (Phi) is 8.41. The van der Waals surface area contributed by atoms with E-state index in [4.69, 9.17) is 0 Å². The fraction of sp³-hybridized carbons (Fsp3) is 0.600. The molecule has 0 saturated carbocycles. The van der Waals surface area contributed by atoms with Gasteiger partial charge in [0, 0.05) is 38.3 Å². The molecule has 1 aromatic carbocycles. The maximum atomic E-state index is 11.8. The molecule has 2 rings (SSSR count). The van der Waals surface area contributed by atoms with E-state index in [1.54, 1.807) is 0 Å². The highest BCUT2D eigenvalue weighted by Crippen LogP contribution is 2.16. The fourth-order valence-corrected chi connectivity index (χ4v) is 3.31. The van der Waals surface area contributed by atoms with Gasteiger partial charge in [-0.3, -0.25) is 4.79 Å². The number of rotatable bonds is 8. The largest absolute Gasteiger partial charge is 0.338 e. The second-order valence-corrected chi connectivity index (χ2v) is 7.05. The Morgan fingerprint density at radius 2 is 1.85 bits per heavy atom. The summed E-state index contributed by atoms with van der Waals surface area (Å²) < 4.78 is 0. The van der Waals surface area contributed by atoms with E-state index in [1.807, 2.05) is 24.3 Å². The van der Waals surface area contributed by atoms with E-state index in [0.717, 1.165) is 30.6 Å². The maximum absolute atomic E-state index is 11.8. The van der Waals surface area contributed by atoms with Gasteiger partial charge in [-0.25, -0.2) is 4.79 Å². The van der Waals surface area contributed by atoms with Crippen LogP contribution in [0.15, 0.2) is 24.3 Å². The first kappa shape index (κ1) is 20.2. The van der Waals surface area contributed by atoms with Crippen LogP contribution in [0.5, 0.6) is 0 Å². The number of hydrogen-bond acceptors (Lipinski definition) is 3. The Balaban J connectivity index is 1.55. The van der Waals surface area contributed by atoms with Gasteiger partial charge in [-0.1, -0.05) is 18.6 Å².